The summed E-state index contributed by atoms with van der Waals surface area (Å²) in [6.07, 6.45) is 3.67. The Bertz CT molecular complexity index is 2610. The molecule has 4 aromatic rings. The van der Waals surface area contributed by atoms with Crippen molar-refractivity contribution in [2.24, 2.45) is 10.9 Å². The summed E-state index contributed by atoms with van der Waals surface area (Å²) in [7, 11) is -9.02. The van der Waals surface area contributed by atoms with E-state index in [1.54, 1.807) is 12.1 Å². The molecule has 4 aromatic carbocycles. The van der Waals surface area contributed by atoms with Gasteiger partial charge in [0.25, 0.3) is 10.1 Å². The highest BCUT2D eigenvalue weighted by Gasteiger charge is 2.27. The van der Waals surface area contributed by atoms with Crippen molar-refractivity contribution >= 4 is 48.2 Å². The standard InChI is InChI=1S/C43H47N3O6S2/c1-7-9-10-31(8-2)26-44-53(47,48)34-15-18-37(42(25-34)54(49,50)51)43-35-16-13-32(45-38-19-11-27(3)21-29(38)5)23-40(35)52-41-24-33(14-17-36(41)43)46-39-20-12-28(4)22-30(39)6/h11-25,31,44-45H,7-10,26H2,1-6H3,(H,49,50,51)/b46-33+. The van der Waals surface area contributed by atoms with Crippen molar-refractivity contribution in [3.05, 3.63) is 119 Å². The summed E-state index contributed by atoms with van der Waals surface area (Å²) in [6.45, 7) is 12.4. The monoisotopic (exact) mass is 765 g/mol. The van der Waals surface area contributed by atoms with Gasteiger partial charge in [-0.2, -0.15) is 8.42 Å². The molecule has 1 heterocycles. The van der Waals surface area contributed by atoms with Crippen LogP contribution in [0.3, 0.4) is 0 Å². The van der Waals surface area contributed by atoms with Gasteiger partial charge in [0, 0.05) is 52.1 Å². The maximum atomic E-state index is 13.5. The molecule has 0 aromatic heterocycles. The average molecular weight is 766 g/mol. The lowest BCUT2D eigenvalue weighted by molar-refractivity contribution is 0.443. The van der Waals surface area contributed by atoms with Crippen molar-refractivity contribution in [2.75, 3.05) is 11.9 Å². The zero-order valence-corrected chi connectivity index (χ0v) is 33.2. The van der Waals surface area contributed by atoms with Crippen LogP contribution in [-0.4, -0.2) is 27.9 Å². The van der Waals surface area contributed by atoms with E-state index in [1.165, 1.54) is 12.1 Å². The van der Waals surface area contributed by atoms with Crippen molar-refractivity contribution in [1.82, 2.24) is 4.72 Å². The summed E-state index contributed by atoms with van der Waals surface area (Å²) in [5, 5.41) is 4.65. The lowest BCUT2D eigenvalue weighted by atomic mass is 9.93. The first kappa shape index (κ1) is 38.9. The maximum absolute atomic E-state index is 13.5. The van der Waals surface area contributed by atoms with Crippen LogP contribution < -0.4 is 15.4 Å². The van der Waals surface area contributed by atoms with Gasteiger partial charge in [-0.1, -0.05) is 74.6 Å². The van der Waals surface area contributed by atoms with Gasteiger partial charge in [-0.25, -0.2) is 18.1 Å². The summed E-state index contributed by atoms with van der Waals surface area (Å²) in [4.78, 5) is 4.08. The highest BCUT2D eigenvalue weighted by Crippen LogP contribution is 2.43. The van der Waals surface area contributed by atoms with Crippen molar-refractivity contribution in [1.29, 1.82) is 0 Å². The minimum absolute atomic E-state index is 0.130. The van der Waals surface area contributed by atoms with Crippen LogP contribution in [0.5, 0.6) is 0 Å². The summed E-state index contributed by atoms with van der Waals surface area (Å²) < 4.78 is 73.1. The first-order chi connectivity index (χ1) is 25.7. The Kier molecular flexibility index (Phi) is 11.4. The quantitative estimate of drug-likeness (QED) is 0.0786. The number of nitrogens with one attached hydrogen (secondary N) is 2. The van der Waals surface area contributed by atoms with Gasteiger partial charge in [0.2, 0.25) is 10.0 Å². The van der Waals surface area contributed by atoms with Crippen LogP contribution in [0, 0.1) is 33.6 Å². The third-order valence-electron chi connectivity index (χ3n) is 9.88. The van der Waals surface area contributed by atoms with Gasteiger partial charge in [-0.15, -0.1) is 0 Å². The van der Waals surface area contributed by atoms with Crippen LogP contribution in [0.15, 0.2) is 110 Å². The Labute approximate surface area is 318 Å². The number of rotatable bonds is 13. The smallest absolute Gasteiger partial charge is 0.295 e. The molecule has 6 rings (SSSR count). The molecule has 0 bridgehead atoms. The molecule has 9 nitrogen and oxygen atoms in total. The van der Waals surface area contributed by atoms with E-state index in [0.717, 1.165) is 71.1 Å². The van der Waals surface area contributed by atoms with Crippen LogP contribution in [0.4, 0.5) is 17.1 Å². The van der Waals surface area contributed by atoms with E-state index in [2.05, 4.69) is 29.1 Å². The number of nitrogens with zero attached hydrogens (tertiary/aromatic N) is 1. The van der Waals surface area contributed by atoms with Gasteiger partial charge < -0.3 is 9.73 Å². The van der Waals surface area contributed by atoms with E-state index < -0.39 is 25.0 Å². The molecule has 1 atom stereocenters. The van der Waals surface area contributed by atoms with Crippen molar-refractivity contribution < 1.29 is 25.8 Å². The van der Waals surface area contributed by atoms with Crippen molar-refractivity contribution in [3.8, 4) is 22.5 Å². The molecule has 0 spiro atoms. The second kappa shape index (κ2) is 15.9. The Morgan fingerprint density at radius 2 is 1.50 bits per heavy atom. The van der Waals surface area contributed by atoms with Gasteiger partial charge >= 0.3 is 0 Å². The lowest BCUT2D eigenvalue weighted by Gasteiger charge is -2.19. The number of fused-ring (bicyclic) bond motifs is 2. The summed E-state index contributed by atoms with van der Waals surface area (Å²) in [6, 6.07) is 26.9. The zero-order chi connectivity index (χ0) is 38.8. The third kappa shape index (κ3) is 8.60. The SMILES string of the molecule is CCCCC(CC)CNS(=O)(=O)c1ccc(-c2c3cc/c(=N\c4ccc(C)cc4C)cc-3oc3cc(Nc4ccc(C)cc4C)ccc23)c(S(=O)(=O)O)c1. The van der Waals surface area contributed by atoms with E-state index in [4.69, 9.17) is 9.41 Å². The fourth-order valence-electron chi connectivity index (χ4n) is 6.84. The maximum Gasteiger partial charge on any atom is 0.295 e. The van der Waals surface area contributed by atoms with Crippen LogP contribution in [-0.2, 0) is 20.1 Å². The van der Waals surface area contributed by atoms with Crippen LogP contribution >= 0.6 is 0 Å². The number of sulfonamides is 1. The molecule has 0 amide bonds. The van der Waals surface area contributed by atoms with E-state index in [-0.39, 0.29) is 22.9 Å². The molecule has 0 radical (unpaired) electrons. The number of aryl methyl sites for hydroxylation is 4. The Balaban J connectivity index is 1.54. The molecule has 1 aliphatic heterocycles. The summed E-state index contributed by atoms with van der Waals surface area (Å²) in [5.74, 6) is 0.566. The van der Waals surface area contributed by atoms with Crippen LogP contribution in [0.25, 0.3) is 33.4 Å². The average Bonchev–Trinajstić information content (AvgIpc) is 3.12. The minimum Gasteiger partial charge on any atom is -0.456 e. The molecule has 0 fully saturated rings. The molecule has 2 aliphatic rings. The summed E-state index contributed by atoms with van der Waals surface area (Å²) >= 11 is 0. The molecular weight excluding hydrogens is 719 g/mol. The molecule has 3 N–H and O–H groups in total. The topological polar surface area (TPSA) is 138 Å². The first-order valence-corrected chi connectivity index (χ1v) is 21.2. The van der Waals surface area contributed by atoms with Crippen molar-refractivity contribution in [3.63, 3.8) is 0 Å². The van der Waals surface area contributed by atoms with Gasteiger partial charge in [0.15, 0.2) is 0 Å². The molecule has 54 heavy (non-hydrogen) atoms. The third-order valence-corrected chi connectivity index (χ3v) is 12.2. The number of hydrogen-bond acceptors (Lipinski definition) is 7. The second-order valence-electron chi connectivity index (χ2n) is 14.1. The highest BCUT2D eigenvalue weighted by atomic mass is 32.2. The Morgan fingerprint density at radius 3 is 2.19 bits per heavy atom. The normalized spacial score (nSPS) is 13.1. The Hall–Kier alpha value is -4.81. The molecule has 0 saturated heterocycles. The molecule has 0 saturated carbocycles. The largest absolute Gasteiger partial charge is 0.456 e. The highest BCUT2D eigenvalue weighted by molar-refractivity contribution is 7.89. The van der Waals surface area contributed by atoms with Gasteiger partial charge in [-0.05, 0) is 99.7 Å². The predicted octanol–water partition coefficient (Wildman–Crippen LogP) is 10.2. The minimum atomic E-state index is -4.92. The number of benzene rings is 5. The fourth-order valence-corrected chi connectivity index (χ4v) is 8.78. The number of hydrogen-bond donors (Lipinski definition) is 3. The van der Waals surface area contributed by atoms with E-state index in [9.17, 15) is 21.4 Å². The lowest BCUT2D eigenvalue weighted by Crippen LogP contribution is -2.29. The Morgan fingerprint density at radius 1 is 0.778 bits per heavy atom. The second-order valence-corrected chi connectivity index (χ2v) is 17.3. The van der Waals surface area contributed by atoms with E-state index in [1.807, 2.05) is 83.1 Å². The first-order valence-electron chi connectivity index (χ1n) is 18.2. The molecule has 1 aliphatic carbocycles. The van der Waals surface area contributed by atoms with Crippen LogP contribution in [0.2, 0.25) is 0 Å². The van der Waals surface area contributed by atoms with Gasteiger partial charge in [0.05, 0.1) is 15.9 Å². The van der Waals surface area contributed by atoms with E-state index in [0.29, 0.717) is 33.2 Å². The molecule has 11 heteroatoms. The predicted molar refractivity (Wildman–Crippen MR) is 217 cm³/mol. The van der Waals surface area contributed by atoms with Gasteiger partial charge in [-0.3, -0.25) is 4.55 Å². The number of anilines is 2. The molecule has 1 unspecified atom stereocenters. The molecule has 282 valence electrons. The van der Waals surface area contributed by atoms with Gasteiger partial charge in [0.1, 0.15) is 16.2 Å². The summed E-state index contributed by atoms with van der Waals surface area (Å²) in [5.41, 5.74) is 8.40. The zero-order valence-electron chi connectivity index (χ0n) is 31.5. The number of unbranched alkanes of at least 4 members (excludes halogenated alkanes) is 1. The van der Waals surface area contributed by atoms with E-state index >= 15 is 0 Å². The van der Waals surface area contributed by atoms with Crippen LogP contribution in [0.1, 0.15) is 61.8 Å². The van der Waals surface area contributed by atoms with Crippen molar-refractivity contribution in [2.45, 2.75) is 77.0 Å². The fraction of sp³-hybridized carbons (Fsp3) is 0.279. The molecular formula is C43H47N3O6S2.